The average molecular weight is 525 g/mol. The second-order valence-electron chi connectivity index (χ2n) is 6.66. The van der Waals surface area contributed by atoms with Crippen molar-refractivity contribution in [3.63, 3.8) is 0 Å². The molecule has 4 rings (SSSR count). The Bertz CT molecular complexity index is 1290. The SMILES string of the molecule is N#Cc1ccc(Cc2nccn2Cc2ccc(-n3cc(Br)cc(Br)c3=O)nc2)cc1. The molecule has 0 amide bonds. The first-order valence-electron chi connectivity index (χ1n) is 9.05. The number of benzene rings is 1. The predicted molar refractivity (Wildman–Crippen MR) is 121 cm³/mol. The van der Waals surface area contributed by atoms with Crippen LogP contribution in [0.2, 0.25) is 0 Å². The van der Waals surface area contributed by atoms with Gasteiger partial charge in [-0.3, -0.25) is 9.36 Å². The maximum Gasteiger partial charge on any atom is 0.270 e. The van der Waals surface area contributed by atoms with E-state index in [0.717, 1.165) is 21.4 Å². The smallest absolute Gasteiger partial charge is 0.270 e. The first kappa shape index (κ1) is 20.3. The summed E-state index contributed by atoms with van der Waals surface area (Å²) in [6.07, 6.45) is 7.84. The molecule has 0 unspecified atom stereocenters. The molecule has 148 valence electrons. The topological polar surface area (TPSA) is 76.5 Å². The molecular formula is C22H15Br2N5O. The molecule has 0 saturated carbocycles. The molecule has 3 aromatic heterocycles. The highest BCUT2D eigenvalue weighted by molar-refractivity contribution is 9.11. The van der Waals surface area contributed by atoms with Crippen LogP contribution in [0.1, 0.15) is 22.5 Å². The summed E-state index contributed by atoms with van der Waals surface area (Å²) in [5, 5.41) is 8.93. The van der Waals surface area contributed by atoms with Gasteiger partial charge in [0.15, 0.2) is 0 Å². The van der Waals surface area contributed by atoms with E-state index in [1.807, 2.05) is 42.6 Å². The zero-order chi connectivity index (χ0) is 21.1. The molecule has 4 aromatic rings. The number of pyridine rings is 2. The van der Waals surface area contributed by atoms with E-state index in [0.29, 0.717) is 28.8 Å². The van der Waals surface area contributed by atoms with E-state index in [1.165, 1.54) is 4.57 Å². The number of hydrogen-bond acceptors (Lipinski definition) is 4. The first-order valence-corrected chi connectivity index (χ1v) is 10.6. The fraction of sp³-hybridized carbons (Fsp3) is 0.0909. The summed E-state index contributed by atoms with van der Waals surface area (Å²) >= 11 is 6.67. The van der Waals surface area contributed by atoms with Crippen molar-refractivity contribution >= 4 is 31.9 Å². The Morgan fingerprint density at radius 2 is 1.80 bits per heavy atom. The second-order valence-corrected chi connectivity index (χ2v) is 8.43. The lowest BCUT2D eigenvalue weighted by Gasteiger charge is -2.10. The minimum absolute atomic E-state index is 0.169. The largest absolute Gasteiger partial charge is 0.330 e. The van der Waals surface area contributed by atoms with Crippen molar-refractivity contribution in [2.45, 2.75) is 13.0 Å². The van der Waals surface area contributed by atoms with Crippen LogP contribution >= 0.6 is 31.9 Å². The Hall–Kier alpha value is -3.02. The van der Waals surface area contributed by atoms with Gasteiger partial charge in [0.2, 0.25) is 0 Å². The van der Waals surface area contributed by atoms with E-state index in [1.54, 1.807) is 24.7 Å². The maximum absolute atomic E-state index is 12.3. The van der Waals surface area contributed by atoms with Gasteiger partial charge in [-0.1, -0.05) is 18.2 Å². The Kier molecular flexibility index (Phi) is 5.93. The van der Waals surface area contributed by atoms with Gasteiger partial charge in [0, 0.05) is 35.7 Å². The highest BCUT2D eigenvalue weighted by Gasteiger charge is 2.09. The van der Waals surface area contributed by atoms with Gasteiger partial charge in [0.25, 0.3) is 5.56 Å². The number of halogens is 2. The van der Waals surface area contributed by atoms with Crippen LogP contribution < -0.4 is 5.56 Å². The molecule has 0 aliphatic rings. The van der Waals surface area contributed by atoms with Gasteiger partial charge in [-0.05, 0) is 67.3 Å². The number of imidazole rings is 1. The Morgan fingerprint density at radius 3 is 2.50 bits per heavy atom. The minimum atomic E-state index is -0.169. The summed E-state index contributed by atoms with van der Waals surface area (Å²) in [7, 11) is 0. The monoisotopic (exact) mass is 523 g/mol. The molecule has 0 aliphatic heterocycles. The van der Waals surface area contributed by atoms with Crippen molar-refractivity contribution in [3.8, 4) is 11.9 Å². The van der Waals surface area contributed by atoms with Gasteiger partial charge in [0.05, 0.1) is 22.7 Å². The maximum atomic E-state index is 12.3. The predicted octanol–water partition coefficient (Wildman–Crippen LogP) is 4.46. The van der Waals surface area contributed by atoms with Gasteiger partial charge in [-0.25, -0.2) is 9.97 Å². The summed E-state index contributed by atoms with van der Waals surface area (Å²) in [5.41, 5.74) is 2.57. The molecule has 0 radical (unpaired) electrons. The van der Waals surface area contributed by atoms with Gasteiger partial charge in [-0.15, -0.1) is 0 Å². The van der Waals surface area contributed by atoms with Crippen LogP contribution in [0.15, 0.2) is 81.0 Å². The third kappa shape index (κ3) is 4.42. The van der Waals surface area contributed by atoms with Crippen molar-refractivity contribution in [1.29, 1.82) is 5.26 Å². The highest BCUT2D eigenvalue weighted by atomic mass is 79.9. The molecule has 0 atom stereocenters. The second kappa shape index (κ2) is 8.78. The Balaban J connectivity index is 1.53. The Morgan fingerprint density at radius 1 is 1.03 bits per heavy atom. The van der Waals surface area contributed by atoms with Crippen LogP contribution in [-0.4, -0.2) is 19.1 Å². The van der Waals surface area contributed by atoms with Crippen LogP contribution in [0.4, 0.5) is 0 Å². The van der Waals surface area contributed by atoms with Crippen LogP contribution in [0.3, 0.4) is 0 Å². The zero-order valence-corrected chi connectivity index (χ0v) is 18.8. The van der Waals surface area contributed by atoms with Crippen LogP contribution in [0, 0.1) is 11.3 Å². The summed E-state index contributed by atoms with van der Waals surface area (Å²) in [5.74, 6) is 1.48. The number of aromatic nitrogens is 4. The van der Waals surface area contributed by atoms with Crippen molar-refractivity contribution in [1.82, 2.24) is 19.1 Å². The first-order chi connectivity index (χ1) is 14.5. The molecule has 0 bridgehead atoms. The molecule has 6 nitrogen and oxygen atoms in total. The van der Waals surface area contributed by atoms with Crippen LogP contribution in [0.25, 0.3) is 5.82 Å². The highest BCUT2D eigenvalue weighted by Crippen LogP contribution is 2.16. The van der Waals surface area contributed by atoms with Crippen LogP contribution in [-0.2, 0) is 13.0 Å². The third-order valence-electron chi connectivity index (χ3n) is 4.60. The lowest BCUT2D eigenvalue weighted by atomic mass is 10.1. The lowest BCUT2D eigenvalue weighted by Crippen LogP contribution is -2.19. The molecule has 0 saturated heterocycles. The number of nitrogens with zero attached hydrogens (tertiary/aromatic N) is 5. The van der Waals surface area contributed by atoms with E-state index in [4.69, 9.17) is 5.26 Å². The number of hydrogen-bond donors (Lipinski definition) is 0. The molecule has 30 heavy (non-hydrogen) atoms. The summed E-state index contributed by atoms with van der Waals surface area (Å²) in [4.78, 5) is 21.3. The van der Waals surface area contributed by atoms with Crippen molar-refractivity contribution < 1.29 is 0 Å². The van der Waals surface area contributed by atoms with Gasteiger partial charge in [-0.2, -0.15) is 5.26 Å². The molecule has 0 N–H and O–H groups in total. The fourth-order valence-corrected chi connectivity index (χ4v) is 4.25. The summed E-state index contributed by atoms with van der Waals surface area (Å²) < 4.78 is 4.81. The normalized spacial score (nSPS) is 10.7. The standard InChI is InChI=1S/C22H15Br2N5O/c23-18-10-19(24)22(30)29(14-18)20-6-5-17(12-27-20)13-28-8-7-26-21(28)9-15-1-3-16(11-25)4-2-15/h1-8,10,12,14H,9,13H2. The number of rotatable bonds is 5. The van der Waals surface area contributed by atoms with E-state index < -0.39 is 0 Å². The lowest BCUT2D eigenvalue weighted by molar-refractivity contribution is 0.737. The molecule has 0 spiro atoms. The quantitative estimate of drug-likeness (QED) is 0.386. The van der Waals surface area contributed by atoms with E-state index in [2.05, 4.69) is 52.5 Å². The molecule has 1 aromatic carbocycles. The van der Waals surface area contributed by atoms with E-state index >= 15 is 0 Å². The third-order valence-corrected chi connectivity index (χ3v) is 5.60. The van der Waals surface area contributed by atoms with Crippen molar-refractivity contribution in [2.24, 2.45) is 0 Å². The number of nitriles is 1. The Labute approximate surface area is 189 Å². The molecule has 3 heterocycles. The van der Waals surface area contributed by atoms with Gasteiger partial charge in [0.1, 0.15) is 11.6 Å². The zero-order valence-electron chi connectivity index (χ0n) is 15.7. The van der Waals surface area contributed by atoms with Crippen molar-refractivity contribution in [2.75, 3.05) is 0 Å². The molecule has 0 fully saturated rings. The van der Waals surface area contributed by atoms with E-state index in [-0.39, 0.29) is 5.56 Å². The molecular weight excluding hydrogens is 510 g/mol. The average Bonchev–Trinajstić information content (AvgIpc) is 3.18. The fourth-order valence-electron chi connectivity index (χ4n) is 3.07. The molecule has 8 heteroatoms. The molecule has 0 aliphatic carbocycles. The van der Waals surface area contributed by atoms with E-state index in [9.17, 15) is 4.79 Å². The summed E-state index contributed by atoms with van der Waals surface area (Å²) in [6.45, 7) is 0.621. The van der Waals surface area contributed by atoms with Crippen molar-refractivity contribution in [3.05, 3.63) is 109 Å². The van der Waals surface area contributed by atoms with Gasteiger partial charge >= 0.3 is 0 Å². The van der Waals surface area contributed by atoms with Crippen LogP contribution in [0.5, 0.6) is 0 Å². The summed E-state index contributed by atoms with van der Waals surface area (Å²) in [6, 6.07) is 15.1. The minimum Gasteiger partial charge on any atom is -0.330 e. The van der Waals surface area contributed by atoms with Gasteiger partial charge < -0.3 is 4.57 Å².